The Balaban J connectivity index is 1.76. The summed E-state index contributed by atoms with van der Waals surface area (Å²) >= 11 is 0. The first-order valence-electron chi connectivity index (χ1n) is 9.70. The molecule has 3 rings (SSSR count). The lowest BCUT2D eigenvalue weighted by atomic mass is 9.87. The Labute approximate surface area is 160 Å². The van der Waals surface area contributed by atoms with Gasteiger partial charge in [0.1, 0.15) is 5.75 Å². The molecule has 0 spiro atoms. The molecule has 0 saturated heterocycles. The van der Waals surface area contributed by atoms with E-state index in [-0.39, 0.29) is 11.9 Å². The number of hydrogen-bond donors (Lipinski definition) is 1. The second kappa shape index (κ2) is 8.85. The van der Waals surface area contributed by atoms with E-state index in [9.17, 15) is 9.59 Å². The van der Waals surface area contributed by atoms with Gasteiger partial charge in [-0.3, -0.25) is 9.59 Å². The highest BCUT2D eigenvalue weighted by atomic mass is 16.5. The maximum Gasteiger partial charge on any atom is 0.311 e. The summed E-state index contributed by atoms with van der Waals surface area (Å²) in [7, 11) is 1.62. The molecule has 0 aromatic heterocycles. The van der Waals surface area contributed by atoms with Gasteiger partial charge in [-0.05, 0) is 66.6 Å². The lowest BCUT2D eigenvalue weighted by Crippen LogP contribution is -2.17. The molecule has 0 heterocycles. The van der Waals surface area contributed by atoms with Crippen LogP contribution in [0.1, 0.15) is 54.4 Å². The average molecular weight is 365 g/mol. The number of ether oxygens (including phenoxy) is 1. The second-order valence-corrected chi connectivity index (χ2v) is 7.32. The molecule has 1 aliphatic rings. The Morgan fingerprint density at radius 3 is 2.59 bits per heavy atom. The molecule has 27 heavy (non-hydrogen) atoms. The van der Waals surface area contributed by atoms with Crippen molar-refractivity contribution < 1.29 is 14.3 Å². The summed E-state index contributed by atoms with van der Waals surface area (Å²) in [6.07, 6.45) is 6.46. The predicted octanol–water partition coefficient (Wildman–Crippen LogP) is 4.90. The van der Waals surface area contributed by atoms with Crippen molar-refractivity contribution in [1.82, 2.24) is 5.32 Å². The van der Waals surface area contributed by atoms with E-state index in [2.05, 4.69) is 5.32 Å². The monoisotopic (exact) mass is 365 g/mol. The third-order valence-corrected chi connectivity index (χ3v) is 5.28. The van der Waals surface area contributed by atoms with Crippen molar-refractivity contribution in [2.45, 2.75) is 45.4 Å². The molecule has 0 aliphatic heterocycles. The number of esters is 1. The molecule has 1 aliphatic carbocycles. The van der Waals surface area contributed by atoms with Gasteiger partial charge in [-0.25, -0.2) is 0 Å². The molecule has 142 valence electrons. The standard InChI is InChI=1S/C23H27NO3/c1-16-11-12-20(27-22(25)13-17-7-4-3-5-8-17)15-21(16)18-9-6-10-19(14-18)23(26)24-2/h6,9-12,14-15,17H,3-5,7-8,13H2,1-2H3,(H,24,26). The lowest BCUT2D eigenvalue weighted by Gasteiger charge is -2.20. The fourth-order valence-corrected chi connectivity index (χ4v) is 3.75. The minimum Gasteiger partial charge on any atom is -0.426 e. The van der Waals surface area contributed by atoms with E-state index in [4.69, 9.17) is 4.74 Å². The smallest absolute Gasteiger partial charge is 0.311 e. The van der Waals surface area contributed by atoms with Gasteiger partial charge in [0, 0.05) is 19.0 Å². The number of nitrogens with one attached hydrogen (secondary N) is 1. The number of benzene rings is 2. The van der Waals surface area contributed by atoms with Crippen LogP contribution in [0.15, 0.2) is 42.5 Å². The van der Waals surface area contributed by atoms with Crippen molar-refractivity contribution in [1.29, 1.82) is 0 Å². The topological polar surface area (TPSA) is 55.4 Å². The van der Waals surface area contributed by atoms with Crippen LogP contribution < -0.4 is 10.1 Å². The molecule has 1 amide bonds. The number of hydrogen-bond acceptors (Lipinski definition) is 3. The fourth-order valence-electron chi connectivity index (χ4n) is 3.75. The maximum atomic E-state index is 12.3. The number of aryl methyl sites for hydroxylation is 1. The van der Waals surface area contributed by atoms with Crippen LogP contribution in [-0.4, -0.2) is 18.9 Å². The molecule has 0 bridgehead atoms. The minimum absolute atomic E-state index is 0.121. The van der Waals surface area contributed by atoms with E-state index < -0.39 is 0 Å². The molecular weight excluding hydrogens is 338 g/mol. The van der Waals surface area contributed by atoms with Crippen LogP contribution in [0.4, 0.5) is 0 Å². The summed E-state index contributed by atoms with van der Waals surface area (Å²) in [6.45, 7) is 2.01. The normalized spacial score (nSPS) is 14.6. The first-order valence-corrected chi connectivity index (χ1v) is 9.70. The van der Waals surface area contributed by atoms with Gasteiger partial charge in [0.25, 0.3) is 5.91 Å². The van der Waals surface area contributed by atoms with E-state index in [1.807, 2.05) is 43.3 Å². The van der Waals surface area contributed by atoms with Crippen LogP contribution in [0.3, 0.4) is 0 Å². The van der Waals surface area contributed by atoms with Crippen LogP contribution in [0.25, 0.3) is 11.1 Å². The van der Waals surface area contributed by atoms with Crippen LogP contribution in [0.5, 0.6) is 5.75 Å². The van der Waals surface area contributed by atoms with Crippen molar-refractivity contribution in [3.63, 3.8) is 0 Å². The first kappa shape index (κ1) is 19.2. The minimum atomic E-state index is -0.157. The van der Waals surface area contributed by atoms with E-state index >= 15 is 0 Å². The Hall–Kier alpha value is -2.62. The van der Waals surface area contributed by atoms with Crippen LogP contribution in [0, 0.1) is 12.8 Å². The third kappa shape index (κ3) is 4.97. The summed E-state index contributed by atoms with van der Waals surface area (Å²) < 4.78 is 5.61. The van der Waals surface area contributed by atoms with E-state index in [0.29, 0.717) is 23.7 Å². The van der Waals surface area contributed by atoms with Crippen LogP contribution in [0.2, 0.25) is 0 Å². The van der Waals surface area contributed by atoms with Gasteiger partial charge in [-0.15, -0.1) is 0 Å². The van der Waals surface area contributed by atoms with E-state index in [1.165, 1.54) is 19.3 Å². The molecule has 1 N–H and O–H groups in total. The van der Waals surface area contributed by atoms with Crippen molar-refractivity contribution in [3.8, 4) is 16.9 Å². The highest BCUT2D eigenvalue weighted by Gasteiger charge is 2.18. The molecule has 1 saturated carbocycles. The van der Waals surface area contributed by atoms with Gasteiger partial charge in [-0.1, -0.05) is 37.5 Å². The van der Waals surface area contributed by atoms with Gasteiger partial charge >= 0.3 is 5.97 Å². The second-order valence-electron chi connectivity index (χ2n) is 7.32. The summed E-state index contributed by atoms with van der Waals surface area (Å²) in [6, 6.07) is 13.1. The molecule has 0 atom stereocenters. The molecular formula is C23H27NO3. The Kier molecular flexibility index (Phi) is 6.28. The zero-order valence-electron chi connectivity index (χ0n) is 16.1. The first-order chi connectivity index (χ1) is 13.1. The maximum absolute atomic E-state index is 12.3. The number of rotatable bonds is 5. The van der Waals surface area contributed by atoms with Gasteiger partial charge in [0.2, 0.25) is 0 Å². The van der Waals surface area contributed by atoms with E-state index in [0.717, 1.165) is 29.5 Å². The van der Waals surface area contributed by atoms with Gasteiger partial charge < -0.3 is 10.1 Å². The highest BCUT2D eigenvalue weighted by Crippen LogP contribution is 2.30. The quantitative estimate of drug-likeness (QED) is 0.606. The molecule has 4 heteroatoms. The zero-order chi connectivity index (χ0) is 19.2. The fraction of sp³-hybridized carbons (Fsp3) is 0.391. The van der Waals surface area contributed by atoms with Crippen molar-refractivity contribution >= 4 is 11.9 Å². The molecule has 2 aromatic carbocycles. The molecule has 0 radical (unpaired) electrons. The Morgan fingerprint density at radius 1 is 1.07 bits per heavy atom. The third-order valence-electron chi connectivity index (χ3n) is 5.28. The zero-order valence-corrected chi connectivity index (χ0v) is 16.1. The summed E-state index contributed by atoms with van der Waals surface area (Å²) in [4.78, 5) is 24.2. The Bertz CT molecular complexity index is 822. The number of amides is 1. The van der Waals surface area contributed by atoms with Crippen LogP contribution >= 0.6 is 0 Å². The summed E-state index contributed by atoms with van der Waals surface area (Å²) in [5.74, 6) is 0.738. The lowest BCUT2D eigenvalue weighted by molar-refractivity contribution is -0.135. The summed E-state index contributed by atoms with van der Waals surface area (Å²) in [5, 5.41) is 2.64. The van der Waals surface area contributed by atoms with Crippen LogP contribution in [-0.2, 0) is 4.79 Å². The number of carbonyl (C=O) groups is 2. The van der Waals surface area contributed by atoms with Gasteiger partial charge in [0.05, 0.1) is 0 Å². The largest absolute Gasteiger partial charge is 0.426 e. The van der Waals surface area contributed by atoms with Crippen molar-refractivity contribution in [2.24, 2.45) is 5.92 Å². The predicted molar refractivity (Wildman–Crippen MR) is 107 cm³/mol. The average Bonchev–Trinajstić information content (AvgIpc) is 2.69. The molecule has 2 aromatic rings. The van der Waals surface area contributed by atoms with Crippen molar-refractivity contribution in [3.05, 3.63) is 53.6 Å². The summed E-state index contributed by atoms with van der Waals surface area (Å²) in [5.41, 5.74) is 3.56. The van der Waals surface area contributed by atoms with Gasteiger partial charge in [0.15, 0.2) is 0 Å². The molecule has 4 nitrogen and oxygen atoms in total. The SMILES string of the molecule is CNC(=O)c1cccc(-c2cc(OC(=O)CC3CCCCC3)ccc2C)c1. The number of carbonyl (C=O) groups excluding carboxylic acids is 2. The Morgan fingerprint density at radius 2 is 1.85 bits per heavy atom. The molecule has 1 fully saturated rings. The van der Waals surface area contributed by atoms with Gasteiger partial charge in [-0.2, -0.15) is 0 Å². The highest BCUT2D eigenvalue weighted by molar-refractivity contribution is 5.95. The molecule has 0 unspecified atom stereocenters. The van der Waals surface area contributed by atoms with E-state index in [1.54, 1.807) is 13.1 Å². The van der Waals surface area contributed by atoms with Crippen molar-refractivity contribution in [2.75, 3.05) is 7.05 Å².